The smallest absolute Gasteiger partial charge is 0.330 e. The Hall–Kier alpha value is -2.83. The van der Waals surface area contributed by atoms with E-state index >= 15 is 0 Å². The molecule has 2 aromatic rings. The Bertz CT molecular complexity index is 564. The van der Waals surface area contributed by atoms with Crippen molar-refractivity contribution in [3.05, 3.63) is 48.3 Å². The van der Waals surface area contributed by atoms with Crippen molar-refractivity contribution in [3.63, 3.8) is 0 Å². The van der Waals surface area contributed by atoms with Gasteiger partial charge < -0.3 is 5.73 Å². The van der Waals surface area contributed by atoms with E-state index in [0.29, 0.717) is 5.56 Å². The van der Waals surface area contributed by atoms with Gasteiger partial charge in [-0.05, 0) is 12.1 Å². The predicted octanol–water partition coefficient (Wildman–Crippen LogP) is 0.185. The third-order valence-corrected chi connectivity index (χ3v) is 2.16. The summed E-state index contributed by atoms with van der Waals surface area (Å²) in [5.74, 6) is -0.490. The van der Waals surface area contributed by atoms with E-state index in [9.17, 15) is 9.59 Å². The maximum absolute atomic E-state index is 11.6. The van der Waals surface area contributed by atoms with Gasteiger partial charge in [0.05, 0.1) is 17.4 Å². The fraction of sp³-hybridized carbons (Fsp3) is 0. The zero-order valence-electron chi connectivity index (χ0n) is 9.33. The van der Waals surface area contributed by atoms with Gasteiger partial charge in [-0.2, -0.15) is 5.10 Å². The maximum Gasteiger partial charge on any atom is 0.330 e. The zero-order valence-corrected chi connectivity index (χ0v) is 9.33. The van der Waals surface area contributed by atoms with E-state index in [-0.39, 0.29) is 0 Å². The molecule has 0 saturated heterocycles. The number of urea groups is 1. The number of primary amides is 1. The number of para-hydroxylation sites is 1. The lowest BCUT2D eigenvalue weighted by atomic mass is 10.3. The lowest BCUT2D eigenvalue weighted by molar-refractivity contribution is 0.0937. The Morgan fingerprint density at radius 3 is 2.56 bits per heavy atom. The predicted molar refractivity (Wildman–Crippen MR) is 63.7 cm³/mol. The van der Waals surface area contributed by atoms with Gasteiger partial charge in [0.2, 0.25) is 0 Å². The molecule has 0 radical (unpaired) electrons. The second-order valence-corrected chi connectivity index (χ2v) is 3.45. The molecule has 0 unspecified atom stereocenters. The van der Waals surface area contributed by atoms with Gasteiger partial charge in [0.25, 0.3) is 5.91 Å². The van der Waals surface area contributed by atoms with Gasteiger partial charge in [-0.15, -0.1) is 0 Å². The lowest BCUT2D eigenvalue weighted by Crippen LogP contribution is -2.44. The molecule has 0 aliphatic rings. The quantitative estimate of drug-likeness (QED) is 0.658. The highest BCUT2D eigenvalue weighted by molar-refractivity contribution is 5.94. The molecule has 0 fully saturated rings. The molecule has 18 heavy (non-hydrogen) atoms. The molecule has 4 N–H and O–H groups in total. The van der Waals surface area contributed by atoms with E-state index in [1.54, 1.807) is 10.9 Å². The van der Waals surface area contributed by atoms with E-state index in [2.05, 4.69) is 10.5 Å². The van der Waals surface area contributed by atoms with Crippen molar-refractivity contribution in [1.82, 2.24) is 20.6 Å². The standard InChI is InChI=1S/C11H11N5O2/c12-11(18)15-14-10(17)8-6-13-16(7-8)9-4-2-1-3-5-9/h1-7H,(H,14,17)(H3,12,15,18). The number of carbonyl (C=O) groups excluding carboxylic acids is 2. The number of hydrogen-bond acceptors (Lipinski definition) is 3. The normalized spacial score (nSPS) is 9.78. The first kappa shape index (κ1) is 11.6. The van der Waals surface area contributed by atoms with Crippen LogP contribution in [0, 0.1) is 0 Å². The van der Waals surface area contributed by atoms with Crippen molar-refractivity contribution in [2.45, 2.75) is 0 Å². The van der Waals surface area contributed by atoms with Crippen LogP contribution in [0.15, 0.2) is 42.7 Å². The number of benzene rings is 1. The molecule has 0 spiro atoms. The maximum atomic E-state index is 11.6. The van der Waals surface area contributed by atoms with Crippen molar-refractivity contribution >= 4 is 11.9 Å². The zero-order chi connectivity index (χ0) is 13.0. The summed E-state index contributed by atoms with van der Waals surface area (Å²) in [4.78, 5) is 22.0. The molecule has 0 aliphatic carbocycles. The van der Waals surface area contributed by atoms with Crippen LogP contribution in [0.2, 0.25) is 0 Å². The van der Waals surface area contributed by atoms with Crippen LogP contribution >= 0.6 is 0 Å². The molecule has 0 bridgehead atoms. The van der Waals surface area contributed by atoms with Gasteiger partial charge >= 0.3 is 6.03 Å². The lowest BCUT2D eigenvalue weighted by Gasteiger charge is -2.02. The summed E-state index contributed by atoms with van der Waals surface area (Å²) in [7, 11) is 0. The van der Waals surface area contributed by atoms with Crippen molar-refractivity contribution in [2.24, 2.45) is 5.73 Å². The minimum Gasteiger partial charge on any atom is -0.350 e. The fourth-order valence-electron chi connectivity index (χ4n) is 1.35. The average Bonchev–Trinajstić information content (AvgIpc) is 2.86. The van der Waals surface area contributed by atoms with Gasteiger partial charge in [0.1, 0.15) is 0 Å². The largest absolute Gasteiger partial charge is 0.350 e. The molecule has 0 atom stereocenters. The van der Waals surface area contributed by atoms with E-state index in [1.807, 2.05) is 35.8 Å². The second-order valence-electron chi connectivity index (χ2n) is 3.45. The molecule has 7 heteroatoms. The van der Waals surface area contributed by atoms with Crippen molar-refractivity contribution in [3.8, 4) is 5.69 Å². The van der Waals surface area contributed by atoms with E-state index < -0.39 is 11.9 Å². The molecular weight excluding hydrogens is 234 g/mol. The Balaban J connectivity index is 2.11. The number of hydrogen-bond donors (Lipinski definition) is 3. The van der Waals surface area contributed by atoms with E-state index in [4.69, 9.17) is 5.73 Å². The molecule has 2 rings (SSSR count). The summed E-state index contributed by atoms with van der Waals surface area (Å²) in [5.41, 5.74) is 10.1. The number of nitrogens with one attached hydrogen (secondary N) is 2. The van der Waals surface area contributed by atoms with Crippen LogP contribution in [-0.4, -0.2) is 21.7 Å². The number of carbonyl (C=O) groups is 2. The molecule has 92 valence electrons. The third kappa shape index (κ3) is 2.64. The van der Waals surface area contributed by atoms with Crippen LogP contribution in [0.4, 0.5) is 4.79 Å². The SMILES string of the molecule is NC(=O)NNC(=O)c1cnn(-c2ccccc2)c1. The second kappa shape index (κ2) is 5.00. The van der Waals surface area contributed by atoms with Crippen molar-refractivity contribution < 1.29 is 9.59 Å². The highest BCUT2D eigenvalue weighted by Crippen LogP contribution is 2.07. The van der Waals surface area contributed by atoms with Crippen LogP contribution in [0.3, 0.4) is 0 Å². The van der Waals surface area contributed by atoms with Crippen molar-refractivity contribution in [1.29, 1.82) is 0 Å². The van der Waals surface area contributed by atoms with Crippen LogP contribution in [0.1, 0.15) is 10.4 Å². The average molecular weight is 245 g/mol. The first-order valence-corrected chi connectivity index (χ1v) is 5.12. The molecule has 3 amide bonds. The molecular formula is C11H11N5O2. The molecule has 0 aliphatic heterocycles. The molecule has 1 aromatic heterocycles. The fourth-order valence-corrected chi connectivity index (χ4v) is 1.35. The number of hydrazine groups is 1. The Kier molecular flexibility index (Phi) is 3.24. The van der Waals surface area contributed by atoms with Crippen LogP contribution < -0.4 is 16.6 Å². The first-order valence-electron chi connectivity index (χ1n) is 5.12. The Morgan fingerprint density at radius 2 is 1.89 bits per heavy atom. The number of amides is 3. The summed E-state index contributed by atoms with van der Waals surface area (Å²) in [6.45, 7) is 0. The third-order valence-electron chi connectivity index (χ3n) is 2.16. The number of nitrogens with two attached hydrogens (primary N) is 1. The van der Waals surface area contributed by atoms with Gasteiger partial charge in [-0.25, -0.2) is 14.9 Å². The summed E-state index contributed by atoms with van der Waals surface area (Å²) in [5, 5.41) is 4.05. The summed E-state index contributed by atoms with van der Waals surface area (Å²) >= 11 is 0. The van der Waals surface area contributed by atoms with E-state index in [0.717, 1.165) is 5.69 Å². The molecule has 1 aromatic carbocycles. The molecule has 1 heterocycles. The number of nitrogens with zero attached hydrogens (tertiary/aromatic N) is 2. The van der Waals surface area contributed by atoms with Crippen molar-refractivity contribution in [2.75, 3.05) is 0 Å². The minimum absolute atomic E-state index is 0.313. The highest BCUT2D eigenvalue weighted by Gasteiger charge is 2.09. The molecule has 7 nitrogen and oxygen atoms in total. The number of aromatic nitrogens is 2. The van der Waals surface area contributed by atoms with Crippen LogP contribution in [0.5, 0.6) is 0 Å². The van der Waals surface area contributed by atoms with Gasteiger partial charge in [0.15, 0.2) is 0 Å². The topological polar surface area (TPSA) is 102 Å². The minimum atomic E-state index is -0.834. The van der Waals surface area contributed by atoms with E-state index in [1.165, 1.54) is 6.20 Å². The number of rotatable bonds is 2. The summed E-state index contributed by atoms with van der Waals surface area (Å²) < 4.78 is 1.55. The Labute approximate surface area is 103 Å². The van der Waals surface area contributed by atoms with Crippen LogP contribution in [0.25, 0.3) is 5.69 Å². The van der Waals surface area contributed by atoms with Crippen LogP contribution in [-0.2, 0) is 0 Å². The Morgan fingerprint density at radius 1 is 1.17 bits per heavy atom. The van der Waals surface area contributed by atoms with Gasteiger partial charge in [-0.3, -0.25) is 10.2 Å². The monoisotopic (exact) mass is 245 g/mol. The molecule has 0 saturated carbocycles. The van der Waals surface area contributed by atoms with Gasteiger partial charge in [-0.1, -0.05) is 18.2 Å². The summed E-state index contributed by atoms with van der Waals surface area (Å²) in [6.07, 6.45) is 2.94. The highest BCUT2D eigenvalue weighted by atomic mass is 16.2. The van der Waals surface area contributed by atoms with Gasteiger partial charge in [0, 0.05) is 6.20 Å². The summed E-state index contributed by atoms with van der Waals surface area (Å²) in [6, 6.07) is 8.50. The first-order chi connectivity index (χ1) is 8.66.